The lowest BCUT2D eigenvalue weighted by Gasteiger charge is -2.13. The summed E-state index contributed by atoms with van der Waals surface area (Å²) in [7, 11) is 0. The number of carbonyl (C=O) groups is 2. The Hall–Kier alpha value is -1.94. The molecule has 4 heteroatoms. The molecule has 3 nitrogen and oxygen atoms in total. The molecule has 110 valence electrons. The maximum Gasteiger partial charge on any atom is 0.261 e. The topological polar surface area (TPSA) is 46.2 Å². The van der Waals surface area contributed by atoms with Gasteiger partial charge in [-0.1, -0.05) is 30.3 Å². The Morgan fingerprint density at radius 3 is 2.38 bits per heavy atom. The molecule has 0 aliphatic heterocycles. The summed E-state index contributed by atoms with van der Waals surface area (Å²) >= 11 is 1.24. The van der Waals surface area contributed by atoms with Crippen LogP contribution in [-0.2, 0) is 6.42 Å². The van der Waals surface area contributed by atoms with E-state index in [0.717, 1.165) is 12.8 Å². The molecule has 2 rings (SSSR count). The van der Waals surface area contributed by atoms with E-state index in [-0.39, 0.29) is 17.7 Å². The Morgan fingerprint density at radius 2 is 1.76 bits per heavy atom. The van der Waals surface area contributed by atoms with Gasteiger partial charge >= 0.3 is 0 Å². The quantitative estimate of drug-likeness (QED) is 0.827. The number of benzene rings is 1. The molecule has 0 bridgehead atoms. The zero-order valence-corrected chi connectivity index (χ0v) is 13.1. The van der Waals surface area contributed by atoms with Crippen molar-refractivity contribution < 1.29 is 9.59 Å². The maximum absolute atomic E-state index is 12.1. The Morgan fingerprint density at radius 1 is 1.10 bits per heavy atom. The summed E-state index contributed by atoms with van der Waals surface area (Å²) in [6.07, 6.45) is 1.83. The highest BCUT2D eigenvalue weighted by atomic mass is 32.1. The van der Waals surface area contributed by atoms with Gasteiger partial charge in [0.1, 0.15) is 0 Å². The van der Waals surface area contributed by atoms with E-state index in [1.807, 2.05) is 25.1 Å². The molecule has 1 amide bonds. The van der Waals surface area contributed by atoms with Crippen molar-refractivity contribution >= 4 is 23.0 Å². The molecule has 2 aromatic rings. The highest BCUT2D eigenvalue weighted by Crippen LogP contribution is 2.17. The second kappa shape index (κ2) is 7.18. The van der Waals surface area contributed by atoms with Gasteiger partial charge in [0.05, 0.1) is 9.75 Å². The third-order valence-electron chi connectivity index (χ3n) is 3.26. The Kier molecular flexibility index (Phi) is 5.28. The lowest BCUT2D eigenvalue weighted by atomic mass is 10.1. The largest absolute Gasteiger partial charge is 0.349 e. The number of hydrogen-bond donors (Lipinski definition) is 1. The molecule has 1 atom stereocenters. The number of aryl methyl sites for hydroxylation is 1. The van der Waals surface area contributed by atoms with E-state index in [0.29, 0.717) is 9.75 Å². The van der Waals surface area contributed by atoms with Crippen molar-refractivity contribution in [1.82, 2.24) is 5.32 Å². The second-order valence-corrected chi connectivity index (χ2v) is 6.20. The summed E-state index contributed by atoms with van der Waals surface area (Å²) in [4.78, 5) is 24.5. The van der Waals surface area contributed by atoms with E-state index in [9.17, 15) is 9.59 Å². The molecule has 0 saturated carbocycles. The van der Waals surface area contributed by atoms with Crippen LogP contribution in [0.25, 0.3) is 0 Å². The van der Waals surface area contributed by atoms with E-state index in [1.54, 1.807) is 12.1 Å². The van der Waals surface area contributed by atoms with Gasteiger partial charge in [-0.05, 0) is 44.4 Å². The van der Waals surface area contributed by atoms with Crippen molar-refractivity contribution in [2.45, 2.75) is 32.7 Å². The van der Waals surface area contributed by atoms with Gasteiger partial charge in [0.25, 0.3) is 5.91 Å². The fourth-order valence-electron chi connectivity index (χ4n) is 2.04. The van der Waals surface area contributed by atoms with Crippen LogP contribution in [0.2, 0.25) is 0 Å². The first-order valence-electron chi connectivity index (χ1n) is 7.02. The van der Waals surface area contributed by atoms with Crippen molar-refractivity contribution in [3.63, 3.8) is 0 Å². The Bertz CT molecular complexity index is 619. The van der Waals surface area contributed by atoms with Crippen molar-refractivity contribution in [3.8, 4) is 0 Å². The third-order valence-corrected chi connectivity index (χ3v) is 4.45. The van der Waals surface area contributed by atoms with Crippen LogP contribution in [0.15, 0.2) is 42.5 Å². The molecule has 0 radical (unpaired) electrons. The molecule has 21 heavy (non-hydrogen) atoms. The van der Waals surface area contributed by atoms with Gasteiger partial charge in [-0.3, -0.25) is 9.59 Å². The van der Waals surface area contributed by atoms with Crippen LogP contribution in [0.5, 0.6) is 0 Å². The van der Waals surface area contributed by atoms with Crippen LogP contribution in [0.1, 0.15) is 45.2 Å². The molecular formula is C17H19NO2S. The Labute approximate surface area is 129 Å². The normalized spacial score (nSPS) is 11.9. The minimum atomic E-state index is -0.104. The van der Waals surface area contributed by atoms with E-state index < -0.39 is 0 Å². The fourth-order valence-corrected chi connectivity index (χ4v) is 2.85. The third kappa shape index (κ3) is 4.53. The maximum atomic E-state index is 12.1. The molecule has 1 heterocycles. The van der Waals surface area contributed by atoms with Crippen molar-refractivity contribution in [2.24, 2.45) is 0 Å². The summed E-state index contributed by atoms with van der Waals surface area (Å²) in [5, 5.41) is 2.98. The second-order valence-electron chi connectivity index (χ2n) is 5.12. The molecule has 0 fully saturated rings. The number of carbonyl (C=O) groups excluding carboxylic acids is 2. The number of hydrogen-bond acceptors (Lipinski definition) is 3. The predicted molar refractivity (Wildman–Crippen MR) is 86.0 cm³/mol. The average molecular weight is 301 g/mol. The van der Waals surface area contributed by atoms with Gasteiger partial charge in [-0.25, -0.2) is 0 Å². The van der Waals surface area contributed by atoms with Crippen LogP contribution in [0, 0.1) is 0 Å². The summed E-state index contributed by atoms with van der Waals surface area (Å²) in [6.45, 7) is 3.51. The first kappa shape index (κ1) is 15.4. The van der Waals surface area contributed by atoms with Gasteiger partial charge in [0, 0.05) is 6.04 Å². The molecule has 1 N–H and O–H groups in total. The molecule has 0 aliphatic carbocycles. The van der Waals surface area contributed by atoms with E-state index in [1.165, 1.54) is 23.8 Å². The van der Waals surface area contributed by atoms with Crippen molar-refractivity contribution in [3.05, 3.63) is 57.8 Å². The lowest BCUT2D eigenvalue weighted by molar-refractivity contribution is 0.0942. The van der Waals surface area contributed by atoms with Crippen LogP contribution in [0.4, 0.5) is 0 Å². The zero-order valence-electron chi connectivity index (χ0n) is 12.3. The lowest BCUT2D eigenvalue weighted by Crippen LogP contribution is -2.32. The summed E-state index contributed by atoms with van der Waals surface area (Å²) in [5.41, 5.74) is 1.27. The first-order valence-corrected chi connectivity index (χ1v) is 7.83. The van der Waals surface area contributed by atoms with Crippen molar-refractivity contribution in [2.75, 3.05) is 0 Å². The van der Waals surface area contributed by atoms with E-state index in [2.05, 4.69) is 17.4 Å². The van der Waals surface area contributed by atoms with E-state index >= 15 is 0 Å². The van der Waals surface area contributed by atoms with E-state index in [4.69, 9.17) is 0 Å². The molecule has 1 aromatic carbocycles. The monoisotopic (exact) mass is 301 g/mol. The van der Waals surface area contributed by atoms with Gasteiger partial charge in [0.2, 0.25) is 0 Å². The summed E-state index contributed by atoms with van der Waals surface area (Å²) in [6, 6.07) is 13.7. The molecule has 1 aromatic heterocycles. The fraction of sp³-hybridized carbons (Fsp3) is 0.294. The minimum absolute atomic E-state index is 0.00354. The van der Waals surface area contributed by atoms with Crippen LogP contribution in [-0.4, -0.2) is 17.7 Å². The first-order chi connectivity index (χ1) is 10.1. The SMILES string of the molecule is CC(=O)c1ccc(C(=O)N[C@H](C)CCc2ccccc2)s1. The number of amides is 1. The smallest absolute Gasteiger partial charge is 0.261 e. The van der Waals surface area contributed by atoms with Gasteiger partial charge < -0.3 is 5.32 Å². The summed E-state index contributed by atoms with van der Waals surface area (Å²) in [5.74, 6) is -0.107. The molecule has 0 aliphatic rings. The predicted octanol–water partition coefficient (Wildman–Crippen LogP) is 3.70. The number of rotatable bonds is 6. The van der Waals surface area contributed by atoms with Crippen molar-refractivity contribution in [1.29, 1.82) is 0 Å². The highest BCUT2D eigenvalue weighted by molar-refractivity contribution is 7.15. The minimum Gasteiger partial charge on any atom is -0.349 e. The molecule has 0 unspecified atom stereocenters. The number of thiophene rings is 1. The Balaban J connectivity index is 1.85. The van der Waals surface area contributed by atoms with Crippen LogP contribution >= 0.6 is 11.3 Å². The van der Waals surface area contributed by atoms with Gasteiger partial charge in [-0.2, -0.15) is 0 Å². The number of ketones is 1. The number of Topliss-reactive ketones (excluding diaryl/α,β-unsaturated/α-hetero) is 1. The molecule has 0 saturated heterocycles. The standard InChI is InChI=1S/C17H19NO2S/c1-12(8-9-14-6-4-3-5-7-14)18-17(20)16-11-10-15(21-16)13(2)19/h3-7,10-12H,8-9H2,1-2H3,(H,18,20)/t12-/m1/s1. The highest BCUT2D eigenvalue weighted by Gasteiger charge is 2.13. The zero-order chi connectivity index (χ0) is 15.2. The number of nitrogens with one attached hydrogen (secondary N) is 1. The van der Waals surface area contributed by atoms with Crippen LogP contribution < -0.4 is 5.32 Å². The average Bonchev–Trinajstić information content (AvgIpc) is 2.96. The van der Waals surface area contributed by atoms with Gasteiger partial charge in [-0.15, -0.1) is 11.3 Å². The molecular weight excluding hydrogens is 282 g/mol. The van der Waals surface area contributed by atoms with Crippen LogP contribution in [0.3, 0.4) is 0 Å². The van der Waals surface area contributed by atoms with Gasteiger partial charge in [0.15, 0.2) is 5.78 Å². The molecule has 0 spiro atoms. The summed E-state index contributed by atoms with van der Waals surface area (Å²) < 4.78 is 0.